The van der Waals surface area contributed by atoms with Gasteiger partial charge in [-0.3, -0.25) is 9.59 Å². The van der Waals surface area contributed by atoms with Gasteiger partial charge in [0.05, 0.1) is 11.4 Å². The number of carbonyl (C=O) groups is 2. The summed E-state index contributed by atoms with van der Waals surface area (Å²) < 4.78 is 0. The van der Waals surface area contributed by atoms with Crippen molar-refractivity contribution in [3.63, 3.8) is 0 Å². The maximum atomic E-state index is 11.8. The molecule has 0 atom stereocenters. The predicted molar refractivity (Wildman–Crippen MR) is 74.5 cm³/mol. The van der Waals surface area contributed by atoms with Crippen molar-refractivity contribution in [1.82, 2.24) is 4.90 Å². The molecule has 0 saturated carbocycles. The highest BCUT2D eigenvalue weighted by atomic mass is 16.2. The van der Waals surface area contributed by atoms with Crippen molar-refractivity contribution in [3.05, 3.63) is 24.3 Å². The molecule has 0 spiro atoms. The van der Waals surface area contributed by atoms with Crippen molar-refractivity contribution in [2.75, 3.05) is 24.1 Å². The molecule has 1 aromatic carbocycles. The lowest BCUT2D eigenvalue weighted by molar-refractivity contribution is -0.133. The van der Waals surface area contributed by atoms with E-state index < -0.39 is 0 Å². The normalized spacial score (nSPS) is 15.4. The van der Waals surface area contributed by atoms with Crippen LogP contribution in [-0.4, -0.2) is 29.8 Å². The topological polar surface area (TPSA) is 75.4 Å². The molecule has 0 aliphatic carbocycles. The third-order valence-corrected chi connectivity index (χ3v) is 3.27. The maximum Gasteiger partial charge on any atom is 0.226 e. The van der Waals surface area contributed by atoms with E-state index in [0.717, 1.165) is 19.4 Å². The molecule has 2 rings (SSSR count). The zero-order valence-corrected chi connectivity index (χ0v) is 10.9. The fraction of sp³-hybridized carbons (Fsp3) is 0.429. The Morgan fingerprint density at radius 2 is 2.11 bits per heavy atom. The van der Waals surface area contributed by atoms with Gasteiger partial charge in [0.2, 0.25) is 11.8 Å². The van der Waals surface area contributed by atoms with Gasteiger partial charge in [0.25, 0.3) is 0 Å². The minimum absolute atomic E-state index is 0.115. The molecule has 1 aliphatic heterocycles. The average Bonchev–Trinajstić information content (AvgIpc) is 2.40. The zero-order chi connectivity index (χ0) is 13.7. The van der Waals surface area contributed by atoms with Crippen LogP contribution in [0, 0.1) is 0 Å². The van der Waals surface area contributed by atoms with Crippen LogP contribution in [0.4, 0.5) is 11.4 Å². The number of hydrogen-bond donors (Lipinski definition) is 2. The molecule has 0 radical (unpaired) electrons. The van der Waals surface area contributed by atoms with Gasteiger partial charge >= 0.3 is 0 Å². The fourth-order valence-corrected chi connectivity index (χ4v) is 2.16. The molecule has 3 N–H and O–H groups in total. The van der Waals surface area contributed by atoms with Gasteiger partial charge in [0, 0.05) is 25.9 Å². The standard InChI is InChI=1S/C14H19N3O2/c15-11-5-1-2-6-12(11)16-13(18)8-10-17-9-4-3-7-14(17)19/h1-2,5-6H,3-4,7-10,15H2,(H,16,18). The highest BCUT2D eigenvalue weighted by molar-refractivity contribution is 5.94. The number of carbonyl (C=O) groups excluding carboxylic acids is 2. The number of nitrogens with zero attached hydrogens (tertiary/aromatic N) is 1. The Balaban J connectivity index is 1.81. The van der Waals surface area contributed by atoms with Crippen molar-refractivity contribution in [3.8, 4) is 0 Å². The van der Waals surface area contributed by atoms with E-state index >= 15 is 0 Å². The van der Waals surface area contributed by atoms with E-state index in [0.29, 0.717) is 30.8 Å². The number of benzene rings is 1. The Morgan fingerprint density at radius 3 is 2.84 bits per heavy atom. The van der Waals surface area contributed by atoms with E-state index in [4.69, 9.17) is 5.73 Å². The predicted octanol–water partition coefficient (Wildman–Crippen LogP) is 1.61. The van der Waals surface area contributed by atoms with Gasteiger partial charge in [-0.25, -0.2) is 0 Å². The second-order valence-corrected chi connectivity index (χ2v) is 4.72. The molecule has 5 nitrogen and oxygen atoms in total. The molecule has 1 saturated heterocycles. The van der Waals surface area contributed by atoms with Crippen LogP contribution < -0.4 is 11.1 Å². The van der Waals surface area contributed by atoms with Crippen molar-refractivity contribution in [2.45, 2.75) is 25.7 Å². The summed E-state index contributed by atoms with van der Waals surface area (Å²) in [5.41, 5.74) is 6.92. The Labute approximate surface area is 112 Å². The molecule has 0 unspecified atom stereocenters. The Kier molecular flexibility index (Phi) is 4.39. The molecular weight excluding hydrogens is 242 g/mol. The van der Waals surface area contributed by atoms with Crippen molar-refractivity contribution in [1.29, 1.82) is 0 Å². The first-order valence-corrected chi connectivity index (χ1v) is 6.59. The summed E-state index contributed by atoms with van der Waals surface area (Å²) in [5, 5.41) is 2.76. The van der Waals surface area contributed by atoms with E-state index in [2.05, 4.69) is 5.32 Å². The van der Waals surface area contributed by atoms with Crippen LogP contribution in [0.5, 0.6) is 0 Å². The molecule has 0 aromatic heterocycles. The maximum absolute atomic E-state index is 11.8. The molecule has 1 aromatic rings. The Bertz CT molecular complexity index is 474. The van der Waals surface area contributed by atoms with Gasteiger partial charge in [-0.05, 0) is 25.0 Å². The largest absolute Gasteiger partial charge is 0.397 e. The minimum Gasteiger partial charge on any atom is -0.397 e. The van der Waals surface area contributed by atoms with E-state index in [1.165, 1.54) is 0 Å². The monoisotopic (exact) mass is 261 g/mol. The Hall–Kier alpha value is -2.04. The lowest BCUT2D eigenvalue weighted by Gasteiger charge is -2.26. The van der Waals surface area contributed by atoms with Crippen LogP contribution in [0.15, 0.2) is 24.3 Å². The van der Waals surface area contributed by atoms with E-state index in [-0.39, 0.29) is 11.8 Å². The molecular formula is C14H19N3O2. The second kappa shape index (κ2) is 6.22. The van der Waals surface area contributed by atoms with Crippen LogP contribution in [0.25, 0.3) is 0 Å². The van der Waals surface area contributed by atoms with Gasteiger partial charge in [0.1, 0.15) is 0 Å². The lowest BCUT2D eigenvalue weighted by Crippen LogP contribution is -2.37. The van der Waals surface area contributed by atoms with Crippen molar-refractivity contribution < 1.29 is 9.59 Å². The Morgan fingerprint density at radius 1 is 1.32 bits per heavy atom. The minimum atomic E-state index is -0.115. The number of nitrogen functional groups attached to an aromatic ring is 1. The van der Waals surface area contributed by atoms with Gasteiger partial charge in [-0.15, -0.1) is 0 Å². The first kappa shape index (κ1) is 13.4. The summed E-state index contributed by atoms with van der Waals surface area (Å²) in [6, 6.07) is 7.14. The molecule has 1 heterocycles. The first-order valence-electron chi connectivity index (χ1n) is 6.59. The summed E-state index contributed by atoms with van der Waals surface area (Å²) in [6.45, 7) is 1.25. The number of likely N-dealkylation sites (tertiary alicyclic amines) is 1. The third kappa shape index (κ3) is 3.71. The molecule has 19 heavy (non-hydrogen) atoms. The van der Waals surface area contributed by atoms with Crippen LogP contribution in [0.3, 0.4) is 0 Å². The SMILES string of the molecule is Nc1ccccc1NC(=O)CCN1CCCCC1=O. The van der Waals surface area contributed by atoms with Gasteiger partial charge in [0.15, 0.2) is 0 Å². The van der Waals surface area contributed by atoms with Crippen LogP contribution >= 0.6 is 0 Å². The van der Waals surface area contributed by atoms with Gasteiger partial charge in [-0.1, -0.05) is 12.1 Å². The molecule has 102 valence electrons. The average molecular weight is 261 g/mol. The smallest absolute Gasteiger partial charge is 0.226 e. The number of hydrogen-bond acceptors (Lipinski definition) is 3. The highest BCUT2D eigenvalue weighted by Crippen LogP contribution is 2.17. The van der Waals surface area contributed by atoms with Gasteiger partial charge in [-0.2, -0.15) is 0 Å². The summed E-state index contributed by atoms with van der Waals surface area (Å²) >= 11 is 0. The molecule has 2 amide bonds. The number of para-hydroxylation sites is 2. The number of nitrogens with two attached hydrogens (primary N) is 1. The summed E-state index contributed by atoms with van der Waals surface area (Å²) in [7, 11) is 0. The number of anilines is 2. The number of amides is 2. The molecule has 1 fully saturated rings. The number of piperidine rings is 1. The summed E-state index contributed by atoms with van der Waals surface area (Å²) in [5.74, 6) is 0.0366. The molecule has 5 heteroatoms. The van der Waals surface area contributed by atoms with E-state index in [9.17, 15) is 9.59 Å². The van der Waals surface area contributed by atoms with E-state index in [1.807, 2.05) is 12.1 Å². The summed E-state index contributed by atoms with van der Waals surface area (Å²) in [4.78, 5) is 25.2. The molecule has 1 aliphatic rings. The number of nitrogens with one attached hydrogen (secondary N) is 1. The first-order chi connectivity index (χ1) is 9.16. The highest BCUT2D eigenvalue weighted by Gasteiger charge is 2.18. The van der Waals surface area contributed by atoms with Crippen LogP contribution in [-0.2, 0) is 9.59 Å². The zero-order valence-electron chi connectivity index (χ0n) is 10.9. The van der Waals surface area contributed by atoms with Crippen molar-refractivity contribution in [2.24, 2.45) is 0 Å². The molecule has 0 bridgehead atoms. The lowest BCUT2D eigenvalue weighted by atomic mass is 10.1. The van der Waals surface area contributed by atoms with Crippen molar-refractivity contribution >= 4 is 23.2 Å². The fourth-order valence-electron chi connectivity index (χ4n) is 2.16. The van der Waals surface area contributed by atoms with Gasteiger partial charge < -0.3 is 16.0 Å². The van der Waals surface area contributed by atoms with E-state index in [1.54, 1.807) is 17.0 Å². The number of rotatable bonds is 4. The third-order valence-electron chi connectivity index (χ3n) is 3.27. The summed E-state index contributed by atoms with van der Waals surface area (Å²) in [6.07, 6.45) is 2.90. The second-order valence-electron chi connectivity index (χ2n) is 4.72. The quantitative estimate of drug-likeness (QED) is 0.808. The van der Waals surface area contributed by atoms with Crippen LogP contribution in [0.1, 0.15) is 25.7 Å². The van der Waals surface area contributed by atoms with Crippen LogP contribution in [0.2, 0.25) is 0 Å².